The van der Waals surface area contributed by atoms with E-state index < -0.39 is 32.9 Å². The van der Waals surface area contributed by atoms with Gasteiger partial charge in [0.05, 0.1) is 6.61 Å². The zero-order valence-electron chi connectivity index (χ0n) is 6.05. The second-order valence-corrected chi connectivity index (χ2v) is 3.74. The molecule has 1 N–H and O–H groups in total. The number of hydrogen-bond donors (Lipinski definition) is 1. The molecule has 0 aromatic carbocycles. The van der Waals surface area contributed by atoms with E-state index in [0.717, 1.165) is 0 Å². The summed E-state index contributed by atoms with van der Waals surface area (Å²) in [6.45, 7) is -0.962. The molecule has 13 heavy (non-hydrogen) atoms. The van der Waals surface area contributed by atoms with Gasteiger partial charge in [-0.05, 0) is 0 Å². The first kappa shape index (κ1) is 10.9. The van der Waals surface area contributed by atoms with E-state index in [2.05, 4.69) is 9.05 Å². The predicted octanol–water partition coefficient (Wildman–Crippen LogP) is 1.75. The van der Waals surface area contributed by atoms with Crippen LogP contribution in [0, 0.1) is 0 Å². The highest BCUT2D eigenvalue weighted by Crippen LogP contribution is 2.55. The second-order valence-electron chi connectivity index (χ2n) is 2.36. The Kier molecular flexibility index (Phi) is 2.44. The third kappa shape index (κ3) is 2.19. The van der Waals surface area contributed by atoms with Crippen molar-refractivity contribution in [2.24, 2.45) is 0 Å². The summed E-state index contributed by atoms with van der Waals surface area (Å²) in [7, 11) is -5.06. The Morgan fingerprint density at radius 3 is 2.38 bits per heavy atom. The third-order valence-corrected chi connectivity index (χ3v) is 2.30. The molecule has 1 aliphatic heterocycles. The minimum atomic E-state index is -5.06. The van der Waals surface area contributed by atoms with Crippen molar-refractivity contribution in [3.05, 3.63) is 0 Å². The molecular formula is C4H5F4O4P. The van der Waals surface area contributed by atoms with Gasteiger partial charge in [0.1, 0.15) is 0 Å². The molecule has 1 aliphatic rings. The van der Waals surface area contributed by atoms with Gasteiger partial charge in [0.15, 0.2) is 0 Å². The van der Waals surface area contributed by atoms with Crippen molar-refractivity contribution < 1.29 is 36.1 Å². The number of alkyl halides is 4. The summed E-state index contributed by atoms with van der Waals surface area (Å²) in [5.74, 6) is -4.50. The van der Waals surface area contributed by atoms with E-state index in [-0.39, 0.29) is 0 Å². The fourth-order valence-corrected chi connectivity index (χ4v) is 1.47. The van der Waals surface area contributed by atoms with Gasteiger partial charge in [-0.15, -0.1) is 0 Å². The van der Waals surface area contributed by atoms with Gasteiger partial charge in [-0.1, -0.05) is 0 Å². The number of phosphoric ester groups is 1. The fraction of sp³-hybridized carbons (Fsp3) is 1.00. The summed E-state index contributed by atoms with van der Waals surface area (Å²) >= 11 is 0. The molecule has 1 rings (SSSR count). The number of rotatable bonds is 0. The SMILES string of the molecule is O=P1(O)OCCC(F)(F)C(F)(F)O1. The van der Waals surface area contributed by atoms with Crippen LogP contribution >= 0.6 is 7.82 Å². The van der Waals surface area contributed by atoms with Crippen LogP contribution in [0.1, 0.15) is 6.42 Å². The number of phosphoric acid groups is 1. The molecular weight excluding hydrogens is 219 g/mol. The molecule has 78 valence electrons. The third-order valence-electron chi connectivity index (χ3n) is 1.33. The summed E-state index contributed by atoms with van der Waals surface area (Å²) in [4.78, 5) is 8.42. The van der Waals surface area contributed by atoms with Crippen LogP contribution in [0.2, 0.25) is 0 Å². The van der Waals surface area contributed by atoms with Crippen molar-refractivity contribution >= 4 is 7.82 Å². The lowest BCUT2D eigenvalue weighted by molar-refractivity contribution is -0.309. The molecule has 0 amide bonds. The van der Waals surface area contributed by atoms with Crippen LogP contribution in [0.3, 0.4) is 0 Å². The van der Waals surface area contributed by atoms with Crippen molar-refractivity contribution in [2.45, 2.75) is 18.5 Å². The van der Waals surface area contributed by atoms with Crippen LogP contribution in [0.5, 0.6) is 0 Å². The highest BCUT2D eigenvalue weighted by molar-refractivity contribution is 7.47. The lowest BCUT2D eigenvalue weighted by atomic mass is 10.2. The van der Waals surface area contributed by atoms with E-state index in [4.69, 9.17) is 4.89 Å². The molecule has 1 fully saturated rings. The first-order valence-corrected chi connectivity index (χ1v) is 4.60. The highest BCUT2D eigenvalue weighted by atomic mass is 31.2. The Bertz CT molecular complexity index is 255. The summed E-state index contributed by atoms with van der Waals surface area (Å²) in [5.41, 5.74) is 0. The molecule has 1 heterocycles. The van der Waals surface area contributed by atoms with Crippen LogP contribution in [0.15, 0.2) is 0 Å². The zero-order valence-corrected chi connectivity index (χ0v) is 6.94. The fourth-order valence-electron chi connectivity index (χ4n) is 0.673. The van der Waals surface area contributed by atoms with Crippen LogP contribution in [0.4, 0.5) is 17.6 Å². The Morgan fingerprint density at radius 1 is 1.31 bits per heavy atom. The Balaban J connectivity index is 2.95. The lowest BCUT2D eigenvalue weighted by Gasteiger charge is -2.22. The first-order valence-electron chi connectivity index (χ1n) is 3.10. The normalized spacial score (nSPS) is 38.2. The van der Waals surface area contributed by atoms with Gasteiger partial charge in [-0.3, -0.25) is 4.52 Å². The number of halogens is 4. The molecule has 0 bridgehead atoms. The molecule has 0 spiro atoms. The minimum absolute atomic E-state index is 0.962. The zero-order chi connectivity index (χ0) is 10.3. The molecule has 1 unspecified atom stereocenters. The Labute approximate surface area is 70.1 Å². The predicted molar refractivity (Wildman–Crippen MR) is 31.4 cm³/mol. The van der Waals surface area contributed by atoms with Gasteiger partial charge in [-0.25, -0.2) is 9.09 Å². The Hall–Kier alpha value is -0.170. The molecule has 0 radical (unpaired) electrons. The average Bonchev–Trinajstić information content (AvgIpc) is 1.86. The minimum Gasteiger partial charge on any atom is -0.302 e. The molecule has 0 aromatic heterocycles. The maximum atomic E-state index is 12.4. The van der Waals surface area contributed by atoms with Crippen molar-refractivity contribution in [1.82, 2.24) is 0 Å². The molecule has 9 heteroatoms. The van der Waals surface area contributed by atoms with Crippen molar-refractivity contribution in [3.8, 4) is 0 Å². The van der Waals surface area contributed by atoms with E-state index in [9.17, 15) is 22.1 Å². The average molecular weight is 224 g/mol. The number of hydrogen-bond acceptors (Lipinski definition) is 3. The smallest absolute Gasteiger partial charge is 0.302 e. The highest BCUT2D eigenvalue weighted by Gasteiger charge is 2.62. The van der Waals surface area contributed by atoms with Crippen LogP contribution in [-0.4, -0.2) is 23.5 Å². The quantitative estimate of drug-likeness (QED) is 0.503. The van der Waals surface area contributed by atoms with E-state index >= 15 is 0 Å². The summed E-state index contributed by atoms with van der Waals surface area (Å²) < 4.78 is 66.8. The van der Waals surface area contributed by atoms with Crippen LogP contribution in [-0.2, 0) is 13.6 Å². The molecule has 1 saturated heterocycles. The van der Waals surface area contributed by atoms with Gasteiger partial charge in [0, 0.05) is 6.42 Å². The standard InChI is InChI=1S/C4H5F4O4P/c5-3(6)1-2-11-13(9,10)12-4(3,7)8/h1-2H2,(H,9,10). The summed E-state index contributed by atoms with van der Waals surface area (Å²) in [6.07, 6.45) is -6.35. The van der Waals surface area contributed by atoms with Crippen LogP contribution in [0.25, 0.3) is 0 Å². The molecule has 0 aliphatic carbocycles. The van der Waals surface area contributed by atoms with Crippen LogP contribution < -0.4 is 0 Å². The summed E-state index contributed by atoms with van der Waals surface area (Å²) in [5, 5.41) is 0. The largest absolute Gasteiger partial charge is 0.477 e. The van der Waals surface area contributed by atoms with E-state index in [0.29, 0.717) is 0 Å². The van der Waals surface area contributed by atoms with Gasteiger partial charge >= 0.3 is 19.9 Å². The van der Waals surface area contributed by atoms with Gasteiger partial charge < -0.3 is 4.89 Å². The maximum absolute atomic E-state index is 12.4. The van der Waals surface area contributed by atoms with Gasteiger partial charge in [0.2, 0.25) is 0 Å². The van der Waals surface area contributed by atoms with Crippen molar-refractivity contribution in [1.29, 1.82) is 0 Å². The summed E-state index contributed by atoms with van der Waals surface area (Å²) in [6, 6.07) is 0. The lowest BCUT2D eigenvalue weighted by Crippen LogP contribution is -2.41. The monoisotopic (exact) mass is 224 g/mol. The topological polar surface area (TPSA) is 55.8 Å². The van der Waals surface area contributed by atoms with Crippen molar-refractivity contribution in [3.63, 3.8) is 0 Å². The molecule has 0 aromatic rings. The molecule has 1 atom stereocenters. The van der Waals surface area contributed by atoms with Crippen molar-refractivity contribution in [2.75, 3.05) is 6.61 Å². The molecule has 4 nitrogen and oxygen atoms in total. The van der Waals surface area contributed by atoms with E-state index in [1.165, 1.54) is 0 Å². The molecule has 0 saturated carbocycles. The Morgan fingerprint density at radius 2 is 1.85 bits per heavy atom. The van der Waals surface area contributed by atoms with Gasteiger partial charge in [0.25, 0.3) is 0 Å². The van der Waals surface area contributed by atoms with E-state index in [1.54, 1.807) is 0 Å². The first-order chi connectivity index (χ1) is 5.66. The maximum Gasteiger partial charge on any atom is 0.477 e. The second kappa shape index (κ2) is 2.91. The van der Waals surface area contributed by atoms with E-state index in [1.807, 2.05) is 0 Å². The van der Waals surface area contributed by atoms with Gasteiger partial charge in [-0.2, -0.15) is 17.6 Å².